The van der Waals surface area contributed by atoms with E-state index in [1.807, 2.05) is 24.4 Å². The minimum atomic E-state index is -0.410. The molecular weight excluding hydrogens is 408 g/mol. The van der Waals surface area contributed by atoms with Crippen molar-refractivity contribution < 1.29 is 23.8 Å². The first-order valence-electron chi connectivity index (χ1n) is 10.1. The van der Waals surface area contributed by atoms with Crippen molar-refractivity contribution in [1.29, 1.82) is 0 Å². The molecule has 0 fully saturated rings. The Kier molecular flexibility index (Phi) is 5.17. The first kappa shape index (κ1) is 20.0. The topological polar surface area (TPSA) is 78.0 Å². The summed E-state index contributed by atoms with van der Waals surface area (Å²) >= 11 is 0. The van der Waals surface area contributed by atoms with Gasteiger partial charge in [-0.15, -0.1) is 0 Å². The Labute approximate surface area is 184 Å². The van der Waals surface area contributed by atoms with Crippen molar-refractivity contribution >= 4 is 17.8 Å². The number of hydrogen-bond acceptors (Lipinski definition) is 7. The highest BCUT2D eigenvalue weighted by Gasteiger charge is 2.33. The summed E-state index contributed by atoms with van der Waals surface area (Å²) in [6.45, 7) is 1.73. The zero-order chi connectivity index (χ0) is 22.1. The summed E-state index contributed by atoms with van der Waals surface area (Å²) < 4.78 is 16.7. The smallest absolute Gasteiger partial charge is 0.337 e. The third-order valence-corrected chi connectivity index (χ3v) is 5.44. The van der Waals surface area contributed by atoms with E-state index < -0.39 is 5.97 Å². The van der Waals surface area contributed by atoms with Crippen molar-refractivity contribution in [2.75, 3.05) is 13.8 Å². The Balaban J connectivity index is 1.39. The van der Waals surface area contributed by atoms with E-state index in [4.69, 9.17) is 14.2 Å². The molecule has 1 aromatic heterocycles. The zero-order valence-electron chi connectivity index (χ0n) is 17.4. The molecule has 2 aliphatic rings. The molecule has 0 aliphatic carbocycles. The van der Waals surface area contributed by atoms with E-state index in [-0.39, 0.29) is 11.5 Å². The van der Waals surface area contributed by atoms with E-state index in [1.54, 1.807) is 42.6 Å². The highest BCUT2D eigenvalue weighted by Crippen LogP contribution is 2.42. The maximum absolute atomic E-state index is 13.0. The van der Waals surface area contributed by atoms with Gasteiger partial charge in [0.15, 0.2) is 5.76 Å². The predicted octanol–water partition coefficient (Wildman–Crippen LogP) is 3.84. The number of aromatic nitrogens is 1. The minimum Gasteiger partial charge on any atom is -0.478 e. The fourth-order valence-electron chi connectivity index (χ4n) is 3.84. The van der Waals surface area contributed by atoms with Gasteiger partial charge in [-0.3, -0.25) is 14.7 Å². The molecular formula is C25H20N2O5. The number of hydrogen-bond donors (Lipinski definition) is 0. The van der Waals surface area contributed by atoms with Crippen LogP contribution in [0.3, 0.4) is 0 Å². The molecule has 0 amide bonds. The number of ether oxygens (including phenoxy) is 3. The molecule has 7 heteroatoms. The zero-order valence-corrected chi connectivity index (χ0v) is 17.4. The van der Waals surface area contributed by atoms with Crippen molar-refractivity contribution in [3.05, 3.63) is 94.5 Å². The van der Waals surface area contributed by atoms with Gasteiger partial charge in [-0.1, -0.05) is 18.2 Å². The Hall–Kier alpha value is -3.97. The average Bonchev–Trinajstić information content (AvgIpc) is 3.15. The third kappa shape index (κ3) is 3.74. The van der Waals surface area contributed by atoms with Crippen molar-refractivity contribution in [2.24, 2.45) is 0 Å². The summed E-state index contributed by atoms with van der Waals surface area (Å²) in [6.07, 6.45) is 5.25. The molecule has 5 rings (SSSR count). The number of fused-ring (bicyclic) bond motifs is 3. The van der Waals surface area contributed by atoms with Gasteiger partial charge in [0.05, 0.1) is 23.8 Å². The number of Topliss-reactive ketones (excluding diaryl/α,β-unsaturated/α-hetero) is 1. The summed E-state index contributed by atoms with van der Waals surface area (Å²) in [7, 11) is 1.34. The minimum absolute atomic E-state index is 0.177. The van der Waals surface area contributed by atoms with Gasteiger partial charge in [-0.05, 0) is 47.5 Å². The van der Waals surface area contributed by atoms with Crippen LogP contribution in [0.4, 0.5) is 0 Å². The normalized spacial score (nSPS) is 16.2. The number of pyridine rings is 1. The first-order chi connectivity index (χ1) is 15.6. The quantitative estimate of drug-likeness (QED) is 0.462. The van der Waals surface area contributed by atoms with E-state index in [9.17, 15) is 9.59 Å². The van der Waals surface area contributed by atoms with Crippen LogP contribution in [0.5, 0.6) is 11.5 Å². The van der Waals surface area contributed by atoms with Crippen molar-refractivity contribution in [2.45, 2.75) is 13.1 Å². The molecule has 0 radical (unpaired) electrons. The first-order valence-corrected chi connectivity index (χ1v) is 10.1. The summed E-state index contributed by atoms with van der Waals surface area (Å²) in [5.74, 6) is 0.920. The second-order valence-electron chi connectivity index (χ2n) is 7.59. The van der Waals surface area contributed by atoms with Gasteiger partial charge in [0.2, 0.25) is 5.78 Å². The summed E-state index contributed by atoms with van der Waals surface area (Å²) in [5.41, 5.74) is 3.65. The maximum atomic E-state index is 13.0. The SMILES string of the molecule is COC(=O)c1ccc(/C=C2\Oc3c(ccc4c3CN(Cc3cccnc3)CO4)C2=O)cc1. The number of methoxy groups -OCH3 is 1. The van der Waals surface area contributed by atoms with Crippen LogP contribution < -0.4 is 9.47 Å². The van der Waals surface area contributed by atoms with Crippen molar-refractivity contribution in [3.63, 3.8) is 0 Å². The maximum Gasteiger partial charge on any atom is 0.337 e. The van der Waals surface area contributed by atoms with Gasteiger partial charge in [0.25, 0.3) is 0 Å². The number of benzene rings is 2. The van der Waals surface area contributed by atoms with Crippen LogP contribution in [0.15, 0.2) is 66.7 Å². The van der Waals surface area contributed by atoms with E-state index in [0.29, 0.717) is 36.7 Å². The second-order valence-corrected chi connectivity index (χ2v) is 7.59. The molecule has 160 valence electrons. The molecule has 0 spiro atoms. The molecule has 0 saturated carbocycles. The lowest BCUT2D eigenvalue weighted by molar-refractivity contribution is 0.0600. The number of allylic oxidation sites excluding steroid dienone is 1. The largest absolute Gasteiger partial charge is 0.478 e. The molecule has 7 nitrogen and oxygen atoms in total. The summed E-state index contributed by atoms with van der Waals surface area (Å²) in [5, 5.41) is 0. The molecule has 3 heterocycles. The Morgan fingerprint density at radius 3 is 2.78 bits per heavy atom. The molecule has 32 heavy (non-hydrogen) atoms. The molecule has 2 aliphatic heterocycles. The van der Waals surface area contributed by atoms with Gasteiger partial charge >= 0.3 is 5.97 Å². The van der Waals surface area contributed by atoms with Gasteiger partial charge in [-0.2, -0.15) is 0 Å². The van der Waals surface area contributed by atoms with Crippen LogP contribution in [0.2, 0.25) is 0 Å². The Bertz CT molecular complexity index is 1220. The van der Waals surface area contributed by atoms with Gasteiger partial charge in [-0.25, -0.2) is 4.79 Å². The predicted molar refractivity (Wildman–Crippen MR) is 116 cm³/mol. The molecule has 3 aromatic rings. The fourth-order valence-corrected chi connectivity index (χ4v) is 3.84. The Morgan fingerprint density at radius 1 is 1.19 bits per heavy atom. The highest BCUT2D eigenvalue weighted by molar-refractivity contribution is 6.15. The molecule has 2 aromatic carbocycles. The van der Waals surface area contributed by atoms with Crippen LogP contribution in [0.1, 0.15) is 37.4 Å². The molecule has 0 atom stereocenters. The fraction of sp³-hybridized carbons (Fsp3) is 0.160. The number of rotatable bonds is 4. The molecule has 0 saturated heterocycles. The van der Waals surface area contributed by atoms with Gasteiger partial charge in [0, 0.05) is 25.5 Å². The molecule has 0 N–H and O–H groups in total. The van der Waals surface area contributed by atoms with Crippen LogP contribution in [0.25, 0.3) is 6.08 Å². The van der Waals surface area contributed by atoms with E-state index in [0.717, 1.165) is 22.4 Å². The number of esters is 1. The number of carbonyl (C=O) groups is 2. The summed E-state index contributed by atoms with van der Waals surface area (Å²) in [6, 6.07) is 14.3. The standard InChI is InChI=1S/C25H20N2O5/c1-30-25(29)18-6-4-16(5-7-18)11-22-23(28)19-8-9-21-20(24(19)32-22)14-27(15-31-21)13-17-3-2-10-26-12-17/h2-12H,13-15H2,1H3/b22-11-. The number of carbonyl (C=O) groups excluding carboxylic acids is 2. The van der Waals surface area contributed by atoms with Crippen molar-refractivity contribution in [1.82, 2.24) is 9.88 Å². The van der Waals surface area contributed by atoms with Gasteiger partial charge < -0.3 is 14.2 Å². The lowest BCUT2D eigenvalue weighted by Gasteiger charge is -2.29. The average molecular weight is 428 g/mol. The van der Waals surface area contributed by atoms with Crippen LogP contribution in [-0.2, 0) is 17.8 Å². The lowest BCUT2D eigenvalue weighted by atomic mass is 10.0. The monoisotopic (exact) mass is 428 g/mol. The highest BCUT2D eigenvalue weighted by atomic mass is 16.5. The third-order valence-electron chi connectivity index (χ3n) is 5.44. The molecule has 0 unspecified atom stereocenters. The lowest BCUT2D eigenvalue weighted by Crippen LogP contribution is -2.31. The van der Waals surface area contributed by atoms with E-state index >= 15 is 0 Å². The van der Waals surface area contributed by atoms with Crippen LogP contribution >= 0.6 is 0 Å². The summed E-state index contributed by atoms with van der Waals surface area (Å²) in [4.78, 5) is 30.9. The Morgan fingerprint density at radius 2 is 2.03 bits per heavy atom. The van der Waals surface area contributed by atoms with E-state index in [1.165, 1.54) is 7.11 Å². The second kappa shape index (κ2) is 8.28. The van der Waals surface area contributed by atoms with Gasteiger partial charge in [0.1, 0.15) is 18.2 Å². The molecule has 0 bridgehead atoms. The van der Waals surface area contributed by atoms with Crippen molar-refractivity contribution in [3.8, 4) is 11.5 Å². The van der Waals surface area contributed by atoms with Crippen LogP contribution in [0, 0.1) is 0 Å². The van der Waals surface area contributed by atoms with E-state index in [2.05, 4.69) is 9.88 Å². The van der Waals surface area contributed by atoms with Crippen LogP contribution in [-0.4, -0.2) is 35.5 Å². The number of ketones is 1. The number of nitrogens with zero attached hydrogens (tertiary/aromatic N) is 2.